The Balaban J connectivity index is 1.84. The third-order valence-corrected chi connectivity index (χ3v) is 3.26. The maximum atomic E-state index is 12.0. The first-order valence-electron chi connectivity index (χ1n) is 6.03. The van der Waals surface area contributed by atoms with Crippen LogP contribution in [0.5, 0.6) is 0 Å². The molecule has 1 heterocycles. The summed E-state index contributed by atoms with van der Waals surface area (Å²) in [4.78, 5) is 40.9. The Morgan fingerprint density at radius 2 is 1.43 bits per heavy atom. The lowest BCUT2D eigenvalue weighted by Crippen LogP contribution is -2.32. The summed E-state index contributed by atoms with van der Waals surface area (Å²) < 4.78 is 0. The SMILES string of the molecule is O=C(ON1C(=O)c2ccccc2C1=O)c1ccc(Cl)cc1. The number of nitrogens with zero attached hydrogens (tertiary/aromatic N) is 1. The van der Waals surface area contributed by atoms with Gasteiger partial charge in [-0.25, -0.2) is 4.79 Å². The maximum Gasteiger partial charge on any atom is 0.363 e. The average Bonchev–Trinajstić information content (AvgIpc) is 2.73. The van der Waals surface area contributed by atoms with Crippen molar-refractivity contribution in [2.45, 2.75) is 0 Å². The quantitative estimate of drug-likeness (QED) is 0.800. The van der Waals surface area contributed by atoms with Crippen LogP contribution in [-0.4, -0.2) is 22.8 Å². The zero-order valence-electron chi connectivity index (χ0n) is 10.6. The molecule has 2 aromatic carbocycles. The number of hydrogen-bond acceptors (Lipinski definition) is 4. The van der Waals surface area contributed by atoms with Gasteiger partial charge in [-0.3, -0.25) is 9.59 Å². The third-order valence-electron chi connectivity index (χ3n) is 3.01. The minimum atomic E-state index is -0.804. The van der Waals surface area contributed by atoms with E-state index in [0.29, 0.717) is 10.1 Å². The smallest absolute Gasteiger partial charge is 0.324 e. The maximum absolute atomic E-state index is 12.0. The fourth-order valence-electron chi connectivity index (χ4n) is 1.97. The van der Waals surface area contributed by atoms with E-state index in [1.54, 1.807) is 12.1 Å². The van der Waals surface area contributed by atoms with Gasteiger partial charge in [0.2, 0.25) is 0 Å². The van der Waals surface area contributed by atoms with Crippen molar-refractivity contribution in [1.29, 1.82) is 0 Å². The van der Waals surface area contributed by atoms with E-state index in [9.17, 15) is 14.4 Å². The van der Waals surface area contributed by atoms with Gasteiger partial charge in [0.15, 0.2) is 0 Å². The molecule has 1 aliphatic rings. The van der Waals surface area contributed by atoms with Crippen molar-refractivity contribution < 1.29 is 19.2 Å². The molecule has 0 aliphatic carbocycles. The van der Waals surface area contributed by atoms with Crippen LogP contribution in [-0.2, 0) is 4.84 Å². The van der Waals surface area contributed by atoms with E-state index in [-0.39, 0.29) is 16.7 Å². The van der Waals surface area contributed by atoms with Crippen molar-refractivity contribution in [2.24, 2.45) is 0 Å². The van der Waals surface area contributed by atoms with Crippen LogP contribution in [0.1, 0.15) is 31.1 Å². The summed E-state index contributed by atoms with van der Waals surface area (Å²) in [7, 11) is 0. The predicted molar refractivity (Wildman–Crippen MR) is 73.8 cm³/mol. The molecule has 0 spiro atoms. The molecule has 0 atom stereocenters. The molecule has 6 heteroatoms. The molecular weight excluding hydrogens is 294 g/mol. The summed E-state index contributed by atoms with van der Waals surface area (Å²) >= 11 is 5.72. The number of fused-ring (bicyclic) bond motifs is 1. The number of carbonyl (C=O) groups excluding carboxylic acids is 3. The molecular formula is C15H8ClNO4. The van der Waals surface area contributed by atoms with Crippen LogP contribution in [0.4, 0.5) is 0 Å². The van der Waals surface area contributed by atoms with Crippen LogP contribution < -0.4 is 0 Å². The van der Waals surface area contributed by atoms with E-state index in [4.69, 9.17) is 16.4 Å². The van der Waals surface area contributed by atoms with Crippen LogP contribution in [0.2, 0.25) is 5.02 Å². The van der Waals surface area contributed by atoms with E-state index in [1.807, 2.05) is 0 Å². The molecule has 0 bridgehead atoms. The molecule has 2 aromatic rings. The molecule has 0 unspecified atom stereocenters. The van der Waals surface area contributed by atoms with Gasteiger partial charge >= 0.3 is 5.97 Å². The number of imide groups is 1. The Labute approximate surface area is 124 Å². The first kappa shape index (κ1) is 13.3. The highest BCUT2D eigenvalue weighted by molar-refractivity contribution is 6.30. The van der Waals surface area contributed by atoms with Gasteiger partial charge in [-0.1, -0.05) is 28.8 Å². The van der Waals surface area contributed by atoms with Gasteiger partial charge in [-0.2, -0.15) is 0 Å². The molecule has 0 saturated heterocycles. The summed E-state index contributed by atoms with van der Waals surface area (Å²) in [6, 6.07) is 12.2. The largest absolute Gasteiger partial charge is 0.363 e. The summed E-state index contributed by atoms with van der Waals surface area (Å²) in [5, 5.41) is 0.939. The summed E-state index contributed by atoms with van der Waals surface area (Å²) in [5.41, 5.74) is 0.619. The van der Waals surface area contributed by atoms with E-state index in [1.165, 1.54) is 36.4 Å². The van der Waals surface area contributed by atoms with Crippen molar-refractivity contribution in [3.05, 3.63) is 70.2 Å². The van der Waals surface area contributed by atoms with Crippen LogP contribution in [0.15, 0.2) is 48.5 Å². The van der Waals surface area contributed by atoms with Crippen molar-refractivity contribution >= 4 is 29.4 Å². The van der Waals surface area contributed by atoms with Gasteiger partial charge in [-0.15, -0.1) is 0 Å². The number of hydrogen-bond donors (Lipinski definition) is 0. The van der Waals surface area contributed by atoms with Crippen molar-refractivity contribution in [1.82, 2.24) is 5.06 Å². The number of rotatable bonds is 2. The Kier molecular flexibility index (Phi) is 3.19. The number of halogens is 1. The Bertz CT molecular complexity index is 720. The molecule has 0 aromatic heterocycles. The molecule has 3 rings (SSSR count). The molecule has 0 fully saturated rings. The van der Waals surface area contributed by atoms with Gasteiger partial charge in [0.25, 0.3) is 11.8 Å². The fourth-order valence-corrected chi connectivity index (χ4v) is 2.10. The van der Waals surface area contributed by atoms with Crippen LogP contribution in [0.3, 0.4) is 0 Å². The minimum Gasteiger partial charge on any atom is -0.324 e. The molecule has 1 aliphatic heterocycles. The predicted octanol–water partition coefficient (Wildman–Crippen LogP) is 2.71. The van der Waals surface area contributed by atoms with Crippen molar-refractivity contribution in [3.8, 4) is 0 Å². The Hall–Kier alpha value is -2.66. The topological polar surface area (TPSA) is 63.7 Å². The number of carbonyl (C=O) groups is 3. The second-order valence-electron chi connectivity index (χ2n) is 4.34. The van der Waals surface area contributed by atoms with Crippen LogP contribution in [0.25, 0.3) is 0 Å². The van der Waals surface area contributed by atoms with Gasteiger partial charge in [0.05, 0.1) is 16.7 Å². The summed E-state index contributed by atoms with van der Waals surface area (Å²) in [6.45, 7) is 0. The number of benzene rings is 2. The highest BCUT2D eigenvalue weighted by Crippen LogP contribution is 2.23. The third kappa shape index (κ3) is 2.28. The van der Waals surface area contributed by atoms with Gasteiger partial charge in [0.1, 0.15) is 0 Å². The highest BCUT2D eigenvalue weighted by atomic mass is 35.5. The Morgan fingerprint density at radius 1 is 0.905 bits per heavy atom. The average molecular weight is 302 g/mol. The summed E-state index contributed by atoms with van der Waals surface area (Å²) in [6.07, 6.45) is 0. The molecule has 0 N–H and O–H groups in total. The minimum absolute atomic E-state index is 0.191. The molecule has 0 radical (unpaired) electrons. The van der Waals surface area contributed by atoms with Crippen LogP contribution in [0, 0.1) is 0 Å². The standard InChI is InChI=1S/C15H8ClNO4/c16-10-7-5-9(6-8-10)15(20)21-17-13(18)11-3-1-2-4-12(11)14(17)19/h1-8H. The monoisotopic (exact) mass is 301 g/mol. The van der Waals surface area contributed by atoms with Gasteiger partial charge in [-0.05, 0) is 36.4 Å². The lowest BCUT2D eigenvalue weighted by molar-refractivity contribution is -0.0584. The second-order valence-corrected chi connectivity index (χ2v) is 4.77. The Morgan fingerprint density at radius 3 is 1.95 bits per heavy atom. The molecule has 21 heavy (non-hydrogen) atoms. The van der Waals surface area contributed by atoms with E-state index < -0.39 is 17.8 Å². The highest BCUT2D eigenvalue weighted by Gasteiger charge is 2.38. The van der Waals surface area contributed by atoms with E-state index in [2.05, 4.69) is 0 Å². The molecule has 5 nitrogen and oxygen atoms in total. The number of hydroxylamine groups is 2. The van der Waals surface area contributed by atoms with Crippen LogP contribution >= 0.6 is 11.6 Å². The molecule has 2 amide bonds. The lowest BCUT2D eigenvalue weighted by atomic mass is 10.1. The van der Waals surface area contributed by atoms with E-state index >= 15 is 0 Å². The normalized spacial score (nSPS) is 13.3. The zero-order chi connectivity index (χ0) is 15.0. The van der Waals surface area contributed by atoms with Gasteiger partial charge in [0, 0.05) is 5.02 Å². The van der Waals surface area contributed by atoms with Gasteiger partial charge < -0.3 is 4.84 Å². The van der Waals surface area contributed by atoms with Crippen molar-refractivity contribution in [2.75, 3.05) is 0 Å². The second kappa shape index (κ2) is 5.03. The molecule has 104 valence electrons. The summed E-state index contributed by atoms with van der Waals surface area (Å²) in [5.74, 6) is -2.11. The molecule has 0 saturated carbocycles. The number of amides is 2. The fraction of sp³-hybridized carbons (Fsp3) is 0. The zero-order valence-corrected chi connectivity index (χ0v) is 11.3. The van der Waals surface area contributed by atoms with E-state index in [0.717, 1.165) is 0 Å². The van der Waals surface area contributed by atoms with Crippen molar-refractivity contribution in [3.63, 3.8) is 0 Å². The first-order valence-corrected chi connectivity index (χ1v) is 6.41. The lowest BCUT2D eigenvalue weighted by Gasteiger charge is -2.12. The first-order chi connectivity index (χ1) is 10.1.